The number of morpholine rings is 1. The highest BCUT2D eigenvalue weighted by molar-refractivity contribution is 5.99. The van der Waals surface area contributed by atoms with Crippen molar-refractivity contribution in [2.24, 2.45) is 5.73 Å². The van der Waals surface area contributed by atoms with Crippen molar-refractivity contribution in [1.29, 1.82) is 0 Å². The Balaban J connectivity index is 1.56. The topological polar surface area (TPSA) is 125 Å². The van der Waals surface area contributed by atoms with Crippen molar-refractivity contribution in [3.63, 3.8) is 0 Å². The molecule has 2 amide bonds. The van der Waals surface area contributed by atoms with Crippen LogP contribution in [-0.4, -0.2) is 82.5 Å². The molecule has 2 aromatic heterocycles. The number of carbonyl (C=O) groups excluding carboxylic acids is 2. The summed E-state index contributed by atoms with van der Waals surface area (Å²) in [5.41, 5.74) is 5.46. The fourth-order valence-electron chi connectivity index (χ4n) is 5.47. The van der Waals surface area contributed by atoms with Gasteiger partial charge in [-0.2, -0.15) is 0 Å². The number of rotatable bonds is 6. The largest absolute Gasteiger partial charge is 0.494 e. The van der Waals surface area contributed by atoms with Crippen LogP contribution in [-0.2, 0) is 16.0 Å². The molecule has 5 rings (SSSR count). The van der Waals surface area contributed by atoms with Gasteiger partial charge in [0, 0.05) is 30.9 Å². The zero-order chi connectivity index (χ0) is 29.5. The molecule has 3 aromatic rings. The first-order chi connectivity index (χ1) is 19.5. The van der Waals surface area contributed by atoms with E-state index in [4.69, 9.17) is 24.9 Å². The second-order valence-corrected chi connectivity index (χ2v) is 11.6. The number of anilines is 1. The summed E-state index contributed by atoms with van der Waals surface area (Å²) in [7, 11) is 1.43. The van der Waals surface area contributed by atoms with Gasteiger partial charge in [0.1, 0.15) is 34.0 Å². The molecule has 2 aliphatic rings. The number of imidazole rings is 1. The number of amides is 2. The lowest BCUT2D eigenvalue weighted by Gasteiger charge is -2.34. The van der Waals surface area contributed by atoms with Gasteiger partial charge >= 0.3 is 6.09 Å². The SMILES string of the molecule is COc1cc(C(N)=O)c(F)c2nc(-c3ccc(N4CCC[C@@H]4C)nc3)n(C[C@@H]3CN(C(=O)OC(C)(C)C)CCO3)c12. The Morgan fingerprint density at radius 3 is 2.63 bits per heavy atom. The standard InChI is InChI=1S/C29H37FN6O5/c1-17-7-6-10-35(17)22-9-8-18(14-32-22)27-33-24-23(30)20(26(31)37)13-21(39-5)25(24)36(27)16-19-15-34(11-12-40-19)28(38)41-29(2,3)4/h8-9,13-14,17,19H,6-7,10-12,15-16H2,1-5H3,(H2,31,37)/t17-,19-/m0/s1. The number of pyridine rings is 1. The Kier molecular flexibility index (Phi) is 7.78. The number of fused-ring (bicyclic) bond motifs is 1. The summed E-state index contributed by atoms with van der Waals surface area (Å²) in [6, 6.07) is 5.52. The van der Waals surface area contributed by atoms with Gasteiger partial charge in [-0.1, -0.05) is 0 Å². The minimum absolute atomic E-state index is 0.0507. The van der Waals surface area contributed by atoms with Gasteiger partial charge in [0.15, 0.2) is 5.82 Å². The van der Waals surface area contributed by atoms with E-state index in [2.05, 4.69) is 16.8 Å². The Morgan fingerprint density at radius 2 is 2.02 bits per heavy atom. The Morgan fingerprint density at radius 1 is 1.24 bits per heavy atom. The van der Waals surface area contributed by atoms with Crippen LogP contribution in [0.3, 0.4) is 0 Å². The van der Waals surface area contributed by atoms with E-state index < -0.39 is 29.5 Å². The van der Waals surface area contributed by atoms with Crippen LogP contribution in [0.2, 0.25) is 0 Å². The predicted molar refractivity (Wildman–Crippen MR) is 152 cm³/mol. The summed E-state index contributed by atoms with van der Waals surface area (Å²) in [4.78, 5) is 38.0. The molecular formula is C29H37FN6O5. The summed E-state index contributed by atoms with van der Waals surface area (Å²) in [5.74, 6) is -0.226. The van der Waals surface area contributed by atoms with Crippen LogP contribution >= 0.6 is 0 Å². The summed E-state index contributed by atoms with van der Waals surface area (Å²) in [5, 5.41) is 0. The molecule has 41 heavy (non-hydrogen) atoms. The third-order valence-electron chi connectivity index (χ3n) is 7.44. The fraction of sp³-hybridized carbons (Fsp3) is 0.517. The lowest BCUT2D eigenvalue weighted by atomic mass is 10.1. The van der Waals surface area contributed by atoms with E-state index in [9.17, 15) is 9.59 Å². The molecule has 0 unspecified atom stereocenters. The van der Waals surface area contributed by atoms with Crippen LogP contribution in [0.5, 0.6) is 5.75 Å². The van der Waals surface area contributed by atoms with E-state index in [1.54, 1.807) is 15.7 Å². The number of nitrogens with two attached hydrogens (primary N) is 1. The molecule has 220 valence electrons. The molecule has 0 spiro atoms. The van der Waals surface area contributed by atoms with Crippen LogP contribution in [0.1, 0.15) is 50.9 Å². The zero-order valence-electron chi connectivity index (χ0n) is 24.1. The second-order valence-electron chi connectivity index (χ2n) is 11.6. The van der Waals surface area contributed by atoms with E-state index in [0.29, 0.717) is 36.1 Å². The average Bonchev–Trinajstić information content (AvgIpc) is 3.52. The monoisotopic (exact) mass is 568 g/mol. The highest BCUT2D eigenvalue weighted by Crippen LogP contribution is 2.36. The summed E-state index contributed by atoms with van der Waals surface area (Å²) in [6.45, 7) is 9.77. The van der Waals surface area contributed by atoms with Gasteiger partial charge in [-0.3, -0.25) is 4.79 Å². The maximum atomic E-state index is 15.6. The van der Waals surface area contributed by atoms with Gasteiger partial charge < -0.3 is 34.3 Å². The van der Waals surface area contributed by atoms with Crippen LogP contribution in [0, 0.1) is 5.82 Å². The lowest BCUT2D eigenvalue weighted by Crippen LogP contribution is -2.48. The number of methoxy groups -OCH3 is 1. The third-order valence-corrected chi connectivity index (χ3v) is 7.44. The molecule has 2 N–H and O–H groups in total. The molecule has 11 nitrogen and oxygen atoms in total. The first-order valence-corrected chi connectivity index (χ1v) is 13.9. The minimum Gasteiger partial charge on any atom is -0.494 e. The third kappa shape index (κ3) is 5.79. The van der Waals surface area contributed by atoms with Crippen molar-refractivity contribution in [1.82, 2.24) is 19.4 Å². The van der Waals surface area contributed by atoms with Crippen LogP contribution in [0.25, 0.3) is 22.4 Å². The van der Waals surface area contributed by atoms with E-state index in [1.165, 1.54) is 13.2 Å². The molecule has 12 heteroatoms. The summed E-state index contributed by atoms with van der Waals surface area (Å²) in [6.07, 6.45) is 3.07. The molecule has 0 radical (unpaired) electrons. The maximum Gasteiger partial charge on any atom is 0.410 e. The van der Waals surface area contributed by atoms with E-state index >= 15 is 4.39 Å². The quantitative estimate of drug-likeness (QED) is 0.474. The van der Waals surface area contributed by atoms with Crippen LogP contribution in [0.15, 0.2) is 24.4 Å². The maximum absolute atomic E-state index is 15.6. The van der Waals surface area contributed by atoms with Gasteiger partial charge in [0.25, 0.3) is 5.91 Å². The van der Waals surface area contributed by atoms with Gasteiger partial charge in [0.2, 0.25) is 0 Å². The minimum atomic E-state index is -0.923. The molecular weight excluding hydrogens is 531 g/mol. The van der Waals surface area contributed by atoms with Gasteiger partial charge in [-0.05, 0) is 58.7 Å². The van der Waals surface area contributed by atoms with E-state index in [-0.39, 0.29) is 29.9 Å². The number of carbonyl (C=O) groups is 2. The normalized spacial score (nSPS) is 19.6. The molecule has 2 atom stereocenters. The molecule has 0 aliphatic carbocycles. The number of primary amides is 1. The fourth-order valence-corrected chi connectivity index (χ4v) is 5.47. The molecule has 4 heterocycles. The Hall–Kier alpha value is -3.93. The smallest absolute Gasteiger partial charge is 0.410 e. The first kappa shape index (κ1) is 28.6. The highest BCUT2D eigenvalue weighted by atomic mass is 19.1. The van der Waals surface area contributed by atoms with Crippen molar-refractivity contribution in [3.8, 4) is 17.1 Å². The number of benzene rings is 1. The van der Waals surface area contributed by atoms with Crippen molar-refractivity contribution in [2.45, 2.75) is 64.8 Å². The van der Waals surface area contributed by atoms with Crippen molar-refractivity contribution in [2.75, 3.05) is 38.3 Å². The average molecular weight is 569 g/mol. The highest BCUT2D eigenvalue weighted by Gasteiger charge is 2.31. The van der Waals surface area contributed by atoms with E-state index in [0.717, 1.165) is 25.2 Å². The van der Waals surface area contributed by atoms with Crippen LogP contribution < -0.4 is 15.4 Å². The second kappa shape index (κ2) is 11.2. The van der Waals surface area contributed by atoms with Crippen molar-refractivity contribution in [3.05, 3.63) is 35.8 Å². The number of aromatic nitrogens is 3. The number of hydrogen-bond acceptors (Lipinski definition) is 8. The summed E-state index contributed by atoms with van der Waals surface area (Å²) >= 11 is 0. The van der Waals surface area contributed by atoms with Gasteiger partial charge in [-0.25, -0.2) is 19.2 Å². The van der Waals surface area contributed by atoms with Crippen molar-refractivity contribution < 1.29 is 28.2 Å². The van der Waals surface area contributed by atoms with E-state index in [1.807, 2.05) is 32.9 Å². The molecule has 2 aliphatic heterocycles. The molecule has 2 saturated heterocycles. The molecule has 0 saturated carbocycles. The number of hydrogen-bond donors (Lipinski definition) is 1. The predicted octanol–water partition coefficient (Wildman–Crippen LogP) is 3.97. The Bertz CT molecular complexity index is 1450. The number of nitrogens with zero attached hydrogens (tertiary/aromatic N) is 5. The van der Waals surface area contributed by atoms with Gasteiger partial charge in [0.05, 0.1) is 38.5 Å². The molecule has 2 fully saturated rings. The van der Waals surface area contributed by atoms with Crippen molar-refractivity contribution >= 4 is 28.9 Å². The molecule has 1 aromatic carbocycles. The summed E-state index contributed by atoms with van der Waals surface area (Å²) < 4.78 is 34.6. The first-order valence-electron chi connectivity index (χ1n) is 13.9. The Labute approximate surface area is 238 Å². The number of ether oxygens (including phenoxy) is 3. The molecule has 0 bridgehead atoms. The zero-order valence-corrected chi connectivity index (χ0v) is 24.1. The number of halogens is 1. The van der Waals surface area contributed by atoms with Gasteiger partial charge in [-0.15, -0.1) is 0 Å². The van der Waals surface area contributed by atoms with Crippen LogP contribution in [0.4, 0.5) is 15.0 Å². The lowest BCUT2D eigenvalue weighted by molar-refractivity contribution is -0.0468.